The maximum atomic E-state index is 12.7. The summed E-state index contributed by atoms with van der Waals surface area (Å²) in [6, 6.07) is 9.55. The first kappa shape index (κ1) is 20.7. The highest BCUT2D eigenvalue weighted by molar-refractivity contribution is 7.19. The Kier molecular flexibility index (Phi) is 5.83. The number of thiazole rings is 1. The molecule has 0 atom stereocenters. The van der Waals surface area contributed by atoms with E-state index in [1.807, 2.05) is 65.0 Å². The molecule has 0 fully saturated rings. The molecule has 7 nitrogen and oxygen atoms in total. The minimum atomic E-state index is -0.586. The van der Waals surface area contributed by atoms with Crippen LogP contribution < -0.4 is 10.6 Å². The molecule has 0 spiro atoms. The lowest BCUT2D eigenvalue weighted by molar-refractivity contribution is 0.0570. The lowest BCUT2D eigenvalue weighted by Gasteiger charge is -2.28. The van der Waals surface area contributed by atoms with Gasteiger partial charge in [0.25, 0.3) is 0 Å². The first-order valence-electron chi connectivity index (χ1n) is 9.32. The number of nitrogens with two attached hydrogens (primary N) is 1. The number of aromatic nitrogens is 3. The SMILES string of the molecule is CC(C)N(C(=O)OC(C)(C)C)c1ncc(-c2cnc(N)c(-c3ccccc3)n2)s1. The summed E-state index contributed by atoms with van der Waals surface area (Å²) in [4.78, 5) is 28.4. The average Bonchev–Trinajstić information content (AvgIpc) is 3.10. The molecule has 2 heterocycles. The Morgan fingerprint density at radius 1 is 1.14 bits per heavy atom. The number of rotatable bonds is 4. The number of anilines is 2. The number of amides is 1. The van der Waals surface area contributed by atoms with Crippen LogP contribution in [0.2, 0.25) is 0 Å². The number of carbonyl (C=O) groups is 1. The maximum absolute atomic E-state index is 12.7. The van der Waals surface area contributed by atoms with Gasteiger partial charge in [0, 0.05) is 17.8 Å². The van der Waals surface area contributed by atoms with Crippen molar-refractivity contribution in [1.82, 2.24) is 15.0 Å². The van der Waals surface area contributed by atoms with Crippen LogP contribution in [0.15, 0.2) is 42.7 Å². The molecule has 1 aromatic carbocycles. The van der Waals surface area contributed by atoms with Crippen molar-refractivity contribution in [1.29, 1.82) is 0 Å². The van der Waals surface area contributed by atoms with E-state index in [1.54, 1.807) is 17.3 Å². The Bertz CT molecular complexity index is 996. The van der Waals surface area contributed by atoms with E-state index in [2.05, 4.69) is 15.0 Å². The number of nitrogens with zero attached hydrogens (tertiary/aromatic N) is 4. The zero-order valence-corrected chi connectivity index (χ0v) is 18.0. The summed E-state index contributed by atoms with van der Waals surface area (Å²) in [5.74, 6) is 0.363. The summed E-state index contributed by atoms with van der Waals surface area (Å²) >= 11 is 1.36. The van der Waals surface area contributed by atoms with Crippen LogP contribution in [-0.4, -0.2) is 32.7 Å². The number of hydrogen-bond donors (Lipinski definition) is 1. The monoisotopic (exact) mass is 411 g/mol. The predicted molar refractivity (Wildman–Crippen MR) is 117 cm³/mol. The Hall–Kier alpha value is -3.00. The van der Waals surface area contributed by atoms with Gasteiger partial charge in [-0.2, -0.15) is 0 Å². The van der Waals surface area contributed by atoms with Crippen molar-refractivity contribution in [2.75, 3.05) is 10.6 Å². The Labute approximate surface area is 174 Å². The molecule has 0 saturated heterocycles. The highest BCUT2D eigenvalue weighted by Gasteiger charge is 2.28. The lowest BCUT2D eigenvalue weighted by atomic mass is 10.1. The standard InChI is InChI=1S/C21H25N5O2S/c1-13(2)26(20(27)28-21(3,4)5)19-24-12-16(29-19)15-11-23-18(22)17(25-15)14-9-7-6-8-10-14/h6-13H,1-5H3,(H2,22,23). The fraction of sp³-hybridized carbons (Fsp3) is 0.333. The van der Waals surface area contributed by atoms with Gasteiger partial charge in [0.05, 0.1) is 11.1 Å². The van der Waals surface area contributed by atoms with Gasteiger partial charge in [0.1, 0.15) is 22.8 Å². The minimum Gasteiger partial charge on any atom is -0.443 e. The van der Waals surface area contributed by atoms with Gasteiger partial charge in [-0.1, -0.05) is 41.7 Å². The molecular weight excluding hydrogens is 386 g/mol. The van der Waals surface area contributed by atoms with E-state index in [0.717, 1.165) is 10.4 Å². The maximum Gasteiger partial charge on any atom is 0.416 e. The normalized spacial score (nSPS) is 11.5. The molecule has 29 heavy (non-hydrogen) atoms. The van der Waals surface area contributed by atoms with Crippen molar-refractivity contribution < 1.29 is 9.53 Å². The van der Waals surface area contributed by atoms with Crippen LogP contribution in [0, 0.1) is 0 Å². The number of hydrogen-bond acceptors (Lipinski definition) is 7. The minimum absolute atomic E-state index is 0.110. The number of benzene rings is 1. The molecule has 0 saturated carbocycles. The Morgan fingerprint density at radius 2 is 1.83 bits per heavy atom. The van der Waals surface area contributed by atoms with E-state index in [1.165, 1.54) is 11.3 Å². The molecule has 0 aliphatic rings. The molecular formula is C21H25N5O2S. The number of ether oxygens (including phenoxy) is 1. The lowest BCUT2D eigenvalue weighted by Crippen LogP contribution is -2.41. The third-order valence-electron chi connectivity index (χ3n) is 3.91. The molecule has 2 aromatic heterocycles. The highest BCUT2D eigenvalue weighted by Crippen LogP contribution is 2.33. The van der Waals surface area contributed by atoms with E-state index in [-0.39, 0.29) is 6.04 Å². The van der Waals surface area contributed by atoms with E-state index < -0.39 is 11.7 Å². The molecule has 152 valence electrons. The predicted octanol–water partition coefficient (Wildman–Crippen LogP) is 5.00. The molecule has 3 aromatic rings. The quantitative estimate of drug-likeness (QED) is 0.649. The zero-order chi connectivity index (χ0) is 21.2. The molecule has 3 rings (SSSR count). The number of nitrogen functional groups attached to an aromatic ring is 1. The van der Waals surface area contributed by atoms with Crippen molar-refractivity contribution in [3.63, 3.8) is 0 Å². The summed E-state index contributed by atoms with van der Waals surface area (Å²) in [6.07, 6.45) is 2.88. The second kappa shape index (κ2) is 8.16. The third-order valence-corrected chi connectivity index (χ3v) is 4.93. The second-order valence-electron chi connectivity index (χ2n) is 7.81. The second-order valence-corrected chi connectivity index (χ2v) is 8.82. The molecule has 0 aliphatic heterocycles. The van der Waals surface area contributed by atoms with Crippen LogP contribution in [0.5, 0.6) is 0 Å². The average molecular weight is 412 g/mol. The van der Waals surface area contributed by atoms with Crippen LogP contribution >= 0.6 is 11.3 Å². The van der Waals surface area contributed by atoms with Crippen molar-refractivity contribution in [2.45, 2.75) is 46.3 Å². The van der Waals surface area contributed by atoms with Gasteiger partial charge in [-0.15, -0.1) is 0 Å². The van der Waals surface area contributed by atoms with Gasteiger partial charge in [-0.05, 0) is 34.6 Å². The molecule has 0 unspecified atom stereocenters. The Morgan fingerprint density at radius 3 is 2.45 bits per heavy atom. The van der Waals surface area contributed by atoms with Crippen molar-refractivity contribution in [3.05, 3.63) is 42.7 Å². The van der Waals surface area contributed by atoms with Gasteiger partial charge in [0.15, 0.2) is 5.13 Å². The summed E-state index contributed by atoms with van der Waals surface area (Å²) in [7, 11) is 0. The van der Waals surface area contributed by atoms with Crippen LogP contribution in [0.4, 0.5) is 15.7 Å². The van der Waals surface area contributed by atoms with Crippen molar-refractivity contribution in [2.24, 2.45) is 0 Å². The summed E-state index contributed by atoms with van der Waals surface area (Å²) < 4.78 is 5.53. The fourth-order valence-electron chi connectivity index (χ4n) is 2.64. The largest absolute Gasteiger partial charge is 0.443 e. The smallest absolute Gasteiger partial charge is 0.416 e. The molecule has 2 N–H and O–H groups in total. The van der Waals surface area contributed by atoms with E-state index in [0.29, 0.717) is 22.3 Å². The first-order valence-corrected chi connectivity index (χ1v) is 10.1. The van der Waals surface area contributed by atoms with Crippen LogP contribution in [0.1, 0.15) is 34.6 Å². The topological polar surface area (TPSA) is 94.2 Å². The zero-order valence-electron chi connectivity index (χ0n) is 17.2. The molecule has 0 bridgehead atoms. The first-order chi connectivity index (χ1) is 13.7. The van der Waals surface area contributed by atoms with E-state index in [4.69, 9.17) is 10.5 Å². The van der Waals surface area contributed by atoms with Crippen LogP contribution in [-0.2, 0) is 4.74 Å². The third kappa shape index (κ3) is 4.89. The summed E-state index contributed by atoms with van der Waals surface area (Å²) in [5.41, 5.74) is 7.60. The van der Waals surface area contributed by atoms with Gasteiger partial charge < -0.3 is 10.5 Å². The molecule has 1 amide bonds. The molecule has 0 radical (unpaired) electrons. The van der Waals surface area contributed by atoms with Crippen molar-refractivity contribution in [3.8, 4) is 21.8 Å². The van der Waals surface area contributed by atoms with Gasteiger partial charge >= 0.3 is 6.09 Å². The Balaban J connectivity index is 1.94. The molecule has 8 heteroatoms. The molecule has 0 aliphatic carbocycles. The van der Waals surface area contributed by atoms with E-state index >= 15 is 0 Å². The van der Waals surface area contributed by atoms with Crippen LogP contribution in [0.25, 0.3) is 21.8 Å². The summed E-state index contributed by atoms with van der Waals surface area (Å²) in [6.45, 7) is 9.35. The van der Waals surface area contributed by atoms with Gasteiger partial charge in [-0.3, -0.25) is 4.90 Å². The summed E-state index contributed by atoms with van der Waals surface area (Å²) in [5, 5.41) is 0.545. The fourth-order valence-corrected chi connectivity index (χ4v) is 3.64. The van der Waals surface area contributed by atoms with E-state index in [9.17, 15) is 4.79 Å². The van der Waals surface area contributed by atoms with Crippen molar-refractivity contribution >= 4 is 28.4 Å². The number of carbonyl (C=O) groups excluding carboxylic acids is 1. The van der Waals surface area contributed by atoms with Crippen LogP contribution in [0.3, 0.4) is 0 Å². The van der Waals surface area contributed by atoms with Gasteiger partial charge in [0.2, 0.25) is 0 Å². The van der Waals surface area contributed by atoms with Gasteiger partial charge in [-0.25, -0.2) is 19.7 Å². The highest BCUT2D eigenvalue weighted by atomic mass is 32.1.